The largest absolute Gasteiger partial charge is 0.505 e. The van der Waals surface area contributed by atoms with Gasteiger partial charge < -0.3 is 16.2 Å². The van der Waals surface area contributed by atoms with E-state index in [0.717, 1.165) is 5.56 Å². The lowest BCUT2D eigenvalue weighted by molar-refractivity contribution is -0.117. The number of hydrogen-bond acceptors (Lipinski definition) is 3. The van der Waals surface area contributed by atoms with Gasteiger partial charge in [-0.15, -0.1) is 0 Å². The Labute approximate surface area is 132 Å². The summed E-state index contributed by atoms with van der Waals surface area (Å²) in [6, 6.07) is 11.6. The maximum absolute atomic E-state index is 12.0. The highest BCUT2D eigenvalue weighted by molar-refractivity contribution is 6.37. The van der Waals surface area contributed by atoms with Crippen molar-refractivity contribution in [1.82, 2.24) is 0 Å². The van der Waals surface area contributed by atoms with Crippen molar-refractivity contribution in [2.24, 2.45) is 5.73 Å². The van der Waals surface area contributed by atoms with E-state index in [0.29, 0.717) is 12.1 Å². The molecule has 2 aromatic carbocycles. The maximum atomic E-state index is 12.0. The summed E-state index contributed by atoms with van der Waals surface area (Å²) < 4.78 is 0. The molecule has 21 heavy (non-hydrogen) atoms. The Morgan fingerprint density at radius 3 is 2.33 bits per heavy atom. The Morgan fingerprint density at radius 2 is 1.76 bits per heavy atom. The Balaban J connectivity index is 2.04. The first-order valence-electron chi connectivity index (χ1n) is 6.25. The molecule has 0 saturated carbocycles. The van der Waals surface area contributed by atoms with Crippen LogP contribution in [0, 0.1) is 0 Å². The number of carbonyl (C=O) groups excluding carboxylic acids is 1. The predicted octanol–water partition coefficient (Wildman–Crippen LogP) is 3.21. The van der Waals surface area contributed by atoms with E-state index in [1.54, 1.807) is 0 Å². The molecule has 0 heterocycles. The summed E-state index contributed by atoms with van der Waals surface area (Å²) in [7, 11) is 0. The molecule has 0 fully saturated rings. The molecule has 0 radical (unpaired) electrons. The first-order chi connectivity index (χ1) is 9.97. The number of nitrogens with one attached hydrogen (secondary N) is 1. The van der Waals surface area contributed by atoms with Crippen LogP contribution in [0.1, 0.15) is 5.56 Å². The fourth-order valence-corrected chi connectivity index (χ4v) is 2.32. The molecule has 4 nitrogen and oxygen atoms in total. The summed E-state index contributed by atoms with van der Waals surface area (Å²) in [6.07, 6.45) is 0.423. The number of halogens is 2. The third-order valence-corrected chi connectivity index (χ3v) is 3.50. The highest BCUT2D eigenvalue weighted by atomic mass is 35.5. The van der Waals surface area contributed by atoms with Crippen molar-refractivity contribution >= 4 is 34.8 Å². The third kappa shape index (κ3) is 4.11. The second-order valence-electron chi connectivity index (χ2n) is 4.57. The zero-order valence-electron chi connectivity index (χ0n) is 11.0. The van der Waals surface area contributed by atoms with Gasteiger partial charge in [-0.1, -0.05) is 53.5 Å². The standard InChI is InChI=1S/C15H14Cl2N2O2/c16-11-7-10(8-12(17)14(11)20)19-15(21)13(18)6-9-4-2-1-3-5-9/h1-5,7-8,13,20H,6,18H2,(H,19,21). The van der Waals surface area contributed by atoms with Gasteiger partial charge in [-0.25, -0.2) is 0 Å². The topological polar surface area (TPSA) is 75.4 Å². The molecule has 0 aliphatic heterocycles. The minimum Gasteiger partial charge on any atom is -0.505 e. The van der Waals surface area contributed by atoms with E-state index in [1.165, 1.54) is 12.1 Å². The summed E-state index contributed by atoms with van der Waals surface area (Å²) >= 11 is 11.6. The van der Waals surface area contributed by atoms with E-state index in [9.17, 15) is 9.90 Å². The Bertz CT molecular complexity index is 624. The molecule has 0 aromatic heterocycles. The molecule has 4 N–H and O–H groups in total. The lowest BCUT2D eigenvalue weighted by Gasteiger charge is -2.13. The SMILES string of the molecule is NC(Cc1ccccc1)C(=O)Nc1cc(Cl)c(O)c(Cl)c1. The number of rotatable bonds is 4. The molecule has 0 bridgehead atoms. The molecule has 6 heteroatoms. The smallest absolute Gasteiger partial charge is 0.241 e. The van der Waals surface area contributed by atoms with Crippen molar-refractivity contribution in [1.29, 1.82) is 0 Å². The molecular formula is C15H14Cl2N2O2. The Kier molecular flexibility index (Phi) is 5.07. The number of benzene rings is 2. The normalized spacial score (nSPS) is 12.0. The fraction of sp³-hybridized carbons (Fsp3) is 0.133. The van der Waals surface area contributed by atoms with Gasteiger partial charge >= 0.3 is 0 Å². The number of aromatic hydroxyl groups is 1. The minimum absolute atomic E-state index is 0.0643. The van der Waals surface area contributed by atoms with Crippen molar-refractivity contribution in [2.45, 2.75) is 12.5 Å². The zero-order chi connectivity index (χ0) is 15.4. The lowest BCUT2D eigenvalue weighted by Crippen LogP contribution is -2.37. The van der Waals surface area contributed by atoms with Gasteiger partial charge in [0.05, 0.1) is 16.1 Å². The van der Waals surface area contributed by atoms with Crippen molar-refractivity contribution in [3.8, 4) is 5.75 Å². The van der Waals surface area contributed by atoms with Crippen LogP contribution in [-0.4, -0.2) is 17.1 Å². The van der Waals surface area contributed by atoms with Crippen LogP contribution in [0.3, 0.4) is 0 Å². The van der Waals surface area contributed by atoms with E-state index in [4.69, 9.17) is 28.9 Å². The molecule has 1 amide bonds. The molecular weight excluding hydrogens is 311 g/mol. The lowest BCUT2D eigenvalue weighted by atomic mass is 10.1. The molecule has 1 unspecified atom stereocenters. The fourth-order valence-electron chi connectivity index (χ4n) is 1.83. The first-order valence-corrected chi connectivity index (χ1v) is 7.01. The number of nitrogens with two attached hydrogens (primary N) is 1. The van der Waals surface area contributed by atoms with Crippen molar-refractivity contribution in [2.75, 3.05) is 5.32 Å². The predicted molar refractivity (Wildman–Crippen MR) is 84.9 cm³/mol. The van der Waals surface area contributed by atoms with E-state index in [1.807, 2.05) is 30.3 Å². The van der Waals surface area contributed by atoms with Gasteiger partial charge in [0.1, 0.15) is 0 Å². The summed E-state index contributed by atoms with van der Waals surface area (Å²) in [5.74, 6) is -0.568. The highest BCUT2D eigenvalue weighted by Crippen LogP contribution is 2.34. The van der Waals surface area contributed by atoms with Gasteiger partial charge in [0, 0.05) is 5.69 Å². The number of phenols is 1. The van der Waals surface area contributed by atoms with Crippen molar-refractivity contribution in [3.63, 3.8) is 0 Å². The van der Waals surface area contributed by atoms with Crippen LogP contribution in [0.25, 0.3) is 0 Å². The maximum Gasteiger partial charge on any atom is 0.241 e. The molecule has 2 rings (SSSR count). The molecule has 0 aliphatic rings. The molecule has 1 atom stereocenters. The second-order valence-corrected chi connectivity index (χ2v) is 5.39. The average Bonchev–Trinajstić information content (AvgIpc) is 2.45. The number of anilines is 1. The molecule has 0 spiro atoms. The van der Waals surface area contributed by atoms with Gasteiger partial charge in [0.15, 0.2) is 5.75 Å². The average molecular weight is 325 g/mol. The van der Waals surface area contributed by atoms with Crippen LogP contribution in [-0.2, 0) is 11.2 Å². The van der Waals surface area contributed by atoms with Crippen LogP contribution in [0.4, 0.5) is 5.69 Å². The summed E-state index contributed by atoms with van der Waals surface area (Å²) in [5, 5.41) is 12.2. The molecule has 110 valence electrons. The van der Waals surface area contributed by atoms with Crippen LogP contribution in [0.5, 0.6) is 5.75 Å². The van der Waals surface area contributed by atoms with Gasteiger partial charge in [0.25, 0.3) is 0 Å². The second kappa shape index (κ2) is 6.80. The van der Waals surface area contributed by atoms with E-state index in [2.05, 4.69) is 5.32 Å². The van der Waals surface area contributed by atoms with E-state index in [-0.39, 0.29) is 21.7 Å². The summed E-state index contributed by atoms with van der Waals surface area (Å²) in [5.41, 5.74) is 7.24. The van der Waals surface area contributed by atoms with E-state index >= 15 is 0 Å². The van der Waals surface area contributed by atoms with Crippen LogP contribution in [0.2, 0.25) is 10.0 Å². The van der Waals surface area contributed by atoms with Crippen LogP contribution < -0.4 is 11.1 Å². The van der Waals surface area contributed by atoms with Gasteiger partial charge in [-0.2, -0.15) is 0 Å². The number of phenolic OH excluding ortho intramolecular Hbond substituents is 1. The van der Waals surface area contributed by atoms with Crippen LogP contribution in [0.15, 0.2) is 42.5 Å². The monoisotopic (exact) mass is 324 g/mol. The molecule has 0 aliphatic carbocycles. The zero-order valence-corrected chi connectivity index (χ0v) is 12.5. The van der Waals surface area contributed by atoms with Crippen molar-refractivity contribution < 1.29 is 9.90 Å². The van der Waals surface area contributed by atoms with Crippen molar-refractivity contribution in [3.05, 3.63) is 58.1 Å². The first kappa shape index (κ1) is 15.6. The molecule has 0 saturated heterocycles. The molecule has 2 aromatic rings. The Hall–Kier alpha value is -1.75. The summed E-state index contributed by atoms with van der Waals surface area (Å²) in [4.78, 5) is 12.0. The number of amides is 1. The van der Waals surface area contributed by atoms with Gasteiger partial charge in [-0.05, 0) is 24.1 Å². The van der Waals surface area contributed by atoms with E-state index < -0.39 is 6.04 Å². The Morgan fingerprint density at radius 1 is 1.19 bits per heavy atom. The van der Waals surface area contributed by atoms with Gasteiger partial charge in [-0.3, -0.25) is 4.79 Å². The van der Waals surface area contributed by atoms with Crippen LogP contribution >= 0.6 is 23.2 Å². The third-order valence-electron chi connectivity index (χ3n) is 2.92. The van der Waals surface area contributed by atoms with Gasteiger partial charge in [0.2, 0.25) is 5.91 Å². The summed E-state index contributed by atoms with van der Waals surface area (Å²) in [6.45, 7) is 0. The quantitative estimate of drug-likeness (QED) is 0.756. The number of carbonyl (C=O) groups is 1. The highest BCUT2D eigenvalue weighted by Gasteiger charge is 2.15. The number of hydrogen-bond donors (Lipinski definition) is 3. The minimum atomic E-state index is -0.696.